The van der Waals surface area contributed by atoms with Crippen LogP contribution in [0.4, 0.5) is 0 Å². The number of para-hydroxylation sites is 3. The van der Waals surface area contributed by atoms with Crippen LogP contribution in [0, 0.1) is 0 Å². The van der Waals surface area contributed by atoms with E-state index >= 15 is 0 Å². The molecule has 1 aromatic heterocycles. The van der Waals surface area contributed by atoms with E-state index < -0.39 is 10.1 Å². The molecule has 2 aromatic carbocycles. The van der Waals surface area contributed by atoms with E-state index in [9.17, 15) is 8.42 Å². The molecule has 5 nitrogen and oxygen atoms in total. The third-order valence-electron chi connectivity index (χ3n) is 2.49. The molecule has 3 aromatic rings. The number of fused-ring (bicyclic) bond motifs is 1. The first-order valence-corrected chi connectivity index (χ1v) is 6.95. The Morgan fingerprint density at radius 1 is 0.950 bits per heavy atom. The van der Waals surface area contributed by atoms with Crippen molar-refractivity contribution in [3.63, 3.8) is 0 Å². The Balaban J connectivity index is 0.00000147. The summed E-state index contributed by atoms with van der Waals surface area (Å²) in [4.78, 5) is 7.91. The molecule has 0 aliphatic heterocycles. The molecule has 0 atom stereocenters. The second kappa shape index (κ2) is 5.97. The fourth-order valence-corrected chi connectivity index (χ4v) is 2.50. The zero-order valence-electron chi connectivity index (χ0n) is 10.7. The number of hydrogen-bond donors (Lipinski definition) is 0. The Labute approximate surface area is 138 Å². The predicted molar refractivity (Wildman–Crippen MR) is 69.3 cm³/mol. The SMILES string of the molecule is O=S(=O)(Oc1ccccc1)c1nc2ccccc2[n-]1.[Na+]. The summed E-state index contributed by atoms with van der Waals surface area (Å²) in [7, 11) is -4.00. The fraction of sp³-hybridized carbons (Fsp3) is 0. The predicted octanol–water partition coefficient (Wildman–Crippen LogP) is -1.04. The molecule has 0 aliphatic rings. The van der Waals surface area contributed by atoms with Gasteiger partial charge in [-0.2, -0.15) is 8.42 Å². The van der Waals surface area contributed by atoms with Gasteiger partial charge in [-0.25, -0.2) is 0 Å². The number of nitrogens with zero attached hydrogens (tertiary/aromatic N) is 2. The Bertz CT molecular complexity index is 783. The molecule has 0 saturated carbocycles. The van der Waals surface area contributed by atoms with Gasteiger partial charge in [0.25, 0.3) is 0 Å². The molecule has 0 fully saturated rings. The van der Waals surface area contributed by atoms with E-state index in [1.807, 2.05) is 0 Å². The van der Waals surface area contributed by atoms with Crippen LogP contribution in [0.3, 0.4) is 0 Å². The van der Waals surface area contributed by atoms with Crippen molar-refractivity contribution in [1.29, 1.82) is 0 Å². The third kappa shape index (κ3) is 3.04. The van der Waals surface area contributed by atoms with Gasteiger partial charge in [-0.15, -0.1) is 0 Å². The summed E-state index contributed by atoms with van der Waals surface area (Å²) in [6, 6.07) is 15.2. The van der Waals surface area contributed by atoms with Gasteiger partial charge >= 0.3 is 39.7 Å². The Morgan fingerprint density at radius 2 is 1.60 bits per heavy atom. The van der Waals surface area contributed by atoms with Gasteiger partial charge in [-0.05, 0) is 23.2 Å². The first kappa shape index (κ1) is 15.1. The topological polar surface area (TPSA) is 70.4 Å². The van der Waals surface area contributed by atoms with Crippen LogP contribution in [0.5, 0.6) is 5.75 Å². The summed E-state index contributed by atoms with van der Waals surface area (Å²) in [5, 5.41) is -0.322. The number of hydrogen-bond acceptors (Lipinski definition) is 4. The largest absolute Gasteiger partial charge is 1.00 e. The molecule has 0 aliphatic carbocycles. The summed E-state index contributed by atoms with van der Waals surface area (Å²) in [5.74, 6) is 0.233. The zero-order valence-corrected chi connectivity index (χ0v) is 13.5. The second-order valence-corrected chi connectivity index (χ2v) is 5.29. The van der Waals surface area contributed by atoms with Crippen molar-refractivity contribution in [2.24, 2.45) is 0 Å². The van der Waals surface area contributed by atoms with Crippen LogP contribution in [-0.4, -0.2) is 13.4 Å². The Kier molecular flexibility index (Phi) is 4.49. The van der Waals surface area contributed by atoms with E-state index in [1.54, 1.807) is 54.6 Å². The Hall–Kier alpha value is -1.34. The van der Waals surface area contributed by atoms with Crippen molar-refractivity contribution in [2.45, 2.75) is 5.16 Å². The maximum atomic E-state index is 12.0. The average Bonchev–Trinajstić information content (AvgIpc) is 2.84. The molecule has 1 heterocycles. The van der Waals surface area contributed by atoms with Gasteiger partial charge in [0.15, 0.2) is 0 Å². The van der Waals surface area contributed by atoms with Crippen LogP contribution in [0.15, 0.2) is 59.8 Å². The molecule has 0 spiro atoms. The molecule has 7 heteroatoms. The number of aromatic nitrogens is 2. The molecule has 0 bridgehead atoms. The summed E-state index contributed by atoms with van der Waals surface area (Å²) in [6.45, 7) is 0. The van der Waals surface area contributed by atoms with Crippen molar-refractivity contribution in [1.82, 2.24) is 9.97 Å². The van der Waals surface area contributed by atoms with Gasteiger partial charge in [-0.3, -0.25) is 0 Å². The Morgan fingerprint density at radius 3 is 2.30 bits per heavy atom. The van der Waals surface area contributed by atoms with Crippen LogP contribution < -0.4 is 38.7 Å². The van der Waals surface area contributed by atoms with Crippen molar-refractivity contribution in [2.75, 3.05) is 0 Å². The van der Waals surface area contributed by atoms with Gasteiger partial charge in [-0.1, -0.05) is 42.5 Å². The van der Waals surface area contributed by atoms with Crippen LogP contribution in [0.25, 0.3) is 11.0 Å². The maximum Gasteiger partial charge on any atom is 1.00 e. The molecule has 0 unspecified atom stereocenters. The molecule has 20 heavy (non-hydrogen) atoms. The minimum absolute atomic E-state index is 0. The summed E-state index contributed by atoms with van der Waals surface area (Å²) < 4.78 is 29.0. The van der Waals surface area contributed by atoms with Gasteiger partial charge in [0.2, 0.25) is 0 Å². The van der Waals surface area contributed by atoms with Crippen molar-refractivity contribution < 1.29 is 42.2 Å². The molecular weight excluding hydrogens is 287 g/mol. The molecule has 3 rings (SSSR count). The first-order valence-electron chi connectivity index (χ1n) is 5.54. The number of imidazole rings is 1. The van der Waals surface area contributed by atoms with Gasteiger partial charge in [0.05, 0.1) is 5.16 Å². The quantitative estimate of drug-likeness (QED) is 0.456. The monoisotopic (exact) mass is 296 g/mol. The fourth-order valence-electron chi connectivity index (χ4n) is 1.64. The second-order valence-electron chi connectivity index (χ2n) is 3.85. The normalized spacial score (nSPS) is 11.0. The first-order chi connectivity index (χ1) is 9.15. The third-order valence-corrected chi connectivity index (χ3v) is 3.53. The van der Waals surface area contributed by atoms with E-state index in [0.29, 0.717) is 11.0 Å². The summed E-state index contributed by atoms with van der Waals surface area (Å²) in [5.41, 5.74) is 1.05. The molecule has 0 radical (unpaired) electrons. The number of rotatable bonds is 3. The van der Waals surface area contributed by atoms with Crippen LogP contribution >= 0.6 is 0 Å². The summed E-state index contributed by atoms with van der Waals surface area (Å²) >= 11 is 0. The standard InChI is InChI=1S/C13H9N2O3S.Na/c16-19(17,18-10-6-2-1-3-7-10)13-14-11-8-4-5-9-12(11)15-13;/h1-9H;/q-1;+1. The van der Waals surface area contributed by atoms with Gasteiger partial charge < -0.3 is 14.2 Å². The molecule has 0 amide bonds. The molecule has 0 N–H and O–H groups in total. The molecule has 96 valence electrons. The van der Waals surface area contributed by atoms with E-state index in [1.165, 1.54) is 0 Å². The smallest absolute Gasteiger partial charge is 0.423 e. The maximum absolute atomic E-state index is 12.0. The minimum atomic E-state index is -4.00. The van der Waals surface area contributed by atoms with E-state index in [0.717, 1.165) is 0 Å². The van der Waals surface area contributed by atoms with Gasteiger partial charge in [0.1, 0.15) is 5.75 Å². The molecule has 0 saturated heterocycles. The van der Waals surface area contributed by atoms with Crippen molar-refractivity contribution >= 4 is 21.2 Å². The van der Waals surface area contributed by atoms with Crippen molar-refractivity contribution in [3.8, 4) is 5.75 Å². The minimum Gasteiger partial charge on any atom is -0.423 e. The van der Waals surface area contributed by atoms with E-state index in [4.69, 9.17) is 4.18 Å². The molecular formula is C13H9N2NaO3S. The summed E-state index contributed by atoms with van der Waals surface area (Å²) in [6.07, 6.45) is 0. The van der Waals surface area contributed by atoms with Crippen LogP contribution in [0.1, 0.15) is 0 Å². The van der Waals surface area contributed by atoms with E-state index in [2.05, 4.69) is 9.97 Å². The number of benzene rings is 2. The van der Waals surface area contributed by atoms with Crippen LogP contribution in [-0.2, 0) is 10.1 Å². The van der Waals surface area contributed by atoms with Crippen molar-refractivity contribution in [3.05, 3.63) is 54.6 Å². The van der Waals surface area contributed by atoms with Gasteiger partial charge in [0, 0.05) is 0 Å². The van der Waals surface area contributed by atoms with E-state index in [-0.39, 0.29) is 40.5 Å². The van der Waals surface area contributed by atoms with Crippen LogP contribution in [0.2, 0.25) is 0 Å². The zero-order chi connectivity index (χ0) is 13.3. The average molecular weight is 296 g/mol.